The van der Waals surface area contributed by atoms with Crippen LogP contribution in [0.1, 0.15) is 53.4 Å². The predicted octanol–water partition coefficient (Wildman–Crippen LogP) is 2.22. The third-order valence-electron chi connectivity index (χ3n) is 5.20. The average molecular weight is 292 g/mol. The van der Waals surface area contributed by atoms with Crippen molar-refractivity contribution in [1.29, 1.82) is 5.26 Å². The number of likely N-dealkylation sites (N-methyl/N-ethyl adjacent to an activating group) is 1. The van der Waals surface area contributed by atoms with Gasteiger partial charge in [0.25, 0.3) is 0 Å². The Labute approximate surface area is 130 Å². The molecule has 0 aromatic carbocycles. The van der Waals surface area contributed by atoms with Gasteiger partial charge in [-0.25, -0.2) is 0 Å². The largest absolute Gasteiger partial charge is 0.300 e. The average Bonchev–Trinajstić information content (AvgIpc) is 3.13. The molecule has 0 aromatic rings. The SMILES string of the molecule is CCN(CC)C1CCN(C(C)CC(C)(C#N)NC2CC2)C1. The van der Waals surface area contributed by atoms with Crippen molar-refractivity contribution in [3.05, 3.63) is 0 Å². The quantitative estimate of drug-likeness (QED) is 0.745. The highest BCUT2D eigenvalue weighted by Gasteiger charge is 2.36. The molecule has 2 fully saturated rings. The molecule has 0 bridgehead atoms. The van der Waals surface area contributed by atoms with Gasteiger partial charge in [-0.1, -0.05) is 13.8 Å². The van der Waals surface area contributed by atoms with Crippen LogP contribution < -0.4 is 5.32 Å². The van der Waals surface area contributed by atoms with Crippen LogP contribution in [-0.4, -0.2) is 59.6 Å². The number of nitrogens with one attached hydrogen (secondary N) is 1. The zero-order valence-corrected chi connectivity index (χ0v) is 14.2. The maximum atomic E-state index is 9.53. The summed E-state index contributed by atoms with van der Waals surface area (Å²) in [5.74, 6) is 0. The predicted molar refractivity (Wildman–Crippen MR) is 87.2 cm³/mol. The van der Waals surface area contributed by atoms with Gasteiger partial charge in [-0.3, -0.25) is 15.1 Å². The standard InChI is InChI=1S/C17H32N4/c1-5-20(6-2)16-9-10-21(12-16)14(3)11-17(4,13-18)19-15-7-8-15/h14-16,19H,5-12H2,1-4H3. The van der Waals surface area contributed by atoms with Crippen molar-refractivity contribution in [2.75, 3.05) is 26.2 Å². The van der Waals surface area contributed by atoms with E-state index in [1.54, 1.807) is 0 Å². The molecule has 120 valence electrons. The Morgan fingerprint density at radius 2 is 2.00 bits per heavy atom. The van der Waals surface area contributed by atoms with E-state index in [2.05, 4.69) is 48.9 Å². The summed E-state index contributed by atoms with van der Waals surface area (Å²) in [5, 5.41) is 13.1. The molecule has 1 aliphatic carbocycles. The Hall–Kier alpha value is -0.630. The molecule has 0 spiro atoms. The minimum absolute atomic E-state index is 0.367. The summed E-state index contributed by atoms with van der Waals surface area (Å²) in [5.41, 5.74) is -0.367. The molecule has 1 saturated carbocycles. The molecule has 0 aromatic heterocycles. The summed E-state index contributed by atoms with van der Waals surface area (Å²) in [4.78, 5) is 5.14. The van der Waals surface area contributed by atoms with E-state index < -0.39 is 0 Å². The van der Waals surface area contributed by atoms with Crippen LogP contribution in [-0.2, 0) is 0 Å². The highest BCUT2D eigenvalue weighted by atomic mass is 15.3. The molecule has 21 heavy (non-hydrogen) atoms. The van der Waals surface area contributed by atoms with Crippen molar-refractivity contribution in [2.24, 2.45) is 0 Å². The monoisotopic (exact) mass is 292 g/mol. The van der Waals surface area contributed by atoms with Gasteiger partial charge in [0.2, 0.25) is 0 Å². The summed E-state index contributed by atoms with van der Waals surface area (Å²) in [6, 6.07) is 4.27. The van der Waals surface area contributed by atoms with Crippen LogP contribution in [0.5, 0.6) is 0 Å². The molecule has 3 unspecified atom stereocenters. The molecule has 1 aliphatic heterocycles. The van der Waals surface area contributed by atoms with Crippen LogP contribution in [0.4, 0.5) is 0 Å². The van der Waals surface area contributed by atoms with Crippen molar-refractivity contribution >= 4 is 0 Å². The lowest BCUT2D eigenvalue weighted by atomic mass is 9.94. The first-order valence-corrected chi connectivity index (χ1v) is 8.68. The van der Waals surface area contributed by atoms with Gasteiger partial charge in [-0.05, 0) is 52.6 Å². The Balaban J connectivity index is 1.85. The second kappa shape index (κ2) is 7.09. The van der Waals surface area contributed by atoms with Gasteiger partial charge in [0.1, 0.15) is 5.54 Å². The van der Waals surface area contributed by atoms with Crippen LogP contribution in [0.25, 0.3) is 0 Å². The van der Waals surface area contributed by atoms with Gasteiger partial charge in [0, 0.05) is 31.2 Å². The lowest BCUT2D eigenvalue weighted by molar-refractivity contribution is 0.175. The number of nitrogens with zero attached hydrogens (tertiary/aromatic N) is 3. The first-order chi connectivity index (χ1) is 10.0. The van der Waals surface area contributed by atoms with E-state index >= 15 is 0 Å². The summed E-state index contributed by atoms with van der Waals surface area (Å²) in [7, 11) is 0. The topological polar surface area (TPSA) is 42.3 Å². The zero-order chi connectivity index (χ0) is 15.5. The Morgan fingerprint density at radius 3 is 2.52 bits per heavy atom. The molecule has 4 heteroatoms. The molecular formula is C17H32N4. The van der Waals surface area contributed by atoms with E-state index in [0.717, 1.165) is 26.1 Å². The molecule has 1 saturated heterocycles. The Kier molecular flexibility index (Phi) is 5.65. The van der Waals surface area contributed by atoms with Crippen molar-refractivity contribution in [2.45, 2.75) is 77.0 Å². The third kappa shape index (κ3) is 4.42. The van der Waals surface area contributed by atoms with E-state index in [9.17, 15) is 5.26 Å². The van der Waals surface area contributed by atoms with Crippen LogP contribution in [0, 0.1) is 11.3 Å². The van der Waals surface area contributed by atoms with Gasteiger partial charge >= 0.3 is 0 Å². The van der Waals surface area contributed by atoms with Gasteiger partial charge in [-0.2, -0.15) is 5.26 Å². The van der Waals surface area contributed by atoms with Gasteiger partial charge in [0.15, 0.2) is 0 Å². The zero-order valence-electron chi connectivity index (χ0n) is 14.2. The van der Waals surface area contributed by atoms with Crippen molar-refractivity contribution in [3.8, 4) is 6.07 Å². The highest BCUT2D eigenvalue weighted by Crippen LogP contribution is 2.27. The maximum Gasteiger partial charge on any atom is 0.105 e. The summed E-state index contributed by atoms with van der Waals surface area (Å²) in [6.07, 6.45) is 4.66. The molecular weight excluding hydrogens is 260 g/mol. The van der Waals surface area contributed by atoms with Crippen LogP contribution in [0.2, 0.25) is 0 Å². The molecule has 2 aliphatic rings. The number of likely N-dealkylation sites (tertiary alicyclic amines) is 1. The smallest absolute Gasteiger partial charge is 0.105 e. The van der Waals surface area contributed by atoms with Crippen molar-refractivity contribution in [1.82, 2.24) is 15.1 Å². The maximum absolute atomic E-state index is 9.53. The summed E-state index contributed by atoms with van der Waals surface area (Å²) >= 11 is 0. The number of hydrogen-bond donors (Lipinski definition) is 1. The van der Waals surface area contributed by atoms with Crippen LogP contribution in [0.3, 0.4) is 0 Å². The van der Waals surface area contributed by atoms with E-state index in [-0.39, 0.29) is 5.54 Å². The lowest BCUT2D eigenvalue weighted by Crippen LogP contribution is -2.48. The summed E-state index contributed by atoms with van der Waals surface area (Å²) in [6.45, 7) is 13.5. The van der Waals surface area contributed by atoms with E-state index in [1.165, 1.54) is 25.8 Å². The van der Waals surface area contributed by atoms with Gasteiger partial charge in [0.05, 0.1) is 6.07 Å². The normalized spacial score (nSPS) is 27.5. The fourth-order valence-corrected chi connectivity index (χ4v) is 3.74. The fourth-order valence-electron chi connectivity index (χ4n) is 3.74. The summed E-state index contributed by atoms with van der Waals surface area (Å²) < 4.78 is 0. The molecule has 1 N–H and O–H groups in total. The first-order valence-electron chi connectivity index (χ1n) is 8.68. The first kappa shape index (κ1) is 16.7. The van der Waals surface area contributed by atoms with E-state index in [4.69, 9.17) is 0 Å². The minimum atomic E-state index is -0.367. The molecule has 0 radical (unpaired) electrons. The van der Waals surface area contributed by atoms with Crippen LogP contribution >= 0.6 is 0 Å². The third-order valence-corrected chi connectivity index (χ3v) is 5.20. The fraction of sp³-hybridized carbons (Fsp3) is 0.941. The molecule has 4 nitrogen and oxygen atoms in total. The second-order valence-corrected chi connectivity index (χ2v) is 7.07. The molecule has 1 heterocycles. The van der Waals surface area contributed by atoms with Gasteiger partial charge < -0.3 is 0 Å². The molecule has 0 amide bonds. The van der Waals surface area contributed by atoms with Crippen molar-refractivity contribution in [3.63, 3.8) is 0 Å². The lowest BCUT2D eigenvalue weighted by Gasteiger charge is -2.33. The van der Waals surface area contributed by atoms with Crippen molar-refractivity contribution < 1.29 is 0 Å². The second-order valence-electron chi connectivity index (χ2n) is 7.07. The Bertz CT molecular complexity index is 369. The highest BCUT2D eigenvalue weighted by molar-refractivity contribution is 5.09. The Morgan fingerprint density at radius 1 is 1.33 bits per heavy atom. The number of rotatable bonds is 8. The number of nitriles is 1. The van der Waals surface area contributed by atoms with E-state index in [0.29, 0.717) is 18.1 Å². The van der Waals surface area contributed by atoms with E-state index in [1.807, 2.05) is 0 Å². The number of hydrogen-bond acceptors (Lipinski definition) is 4. The molecule has 3 atom stereocenters. The van der Waals surface area contributed by atoms with Gasteiger partial charge in [-0.15, -0.1) is 0 Å². The minimum Gasteiger partial charge on any atom is -0.300 e. The van der Waals surface area contributed by atoms with Crippen LogP contribution in [0.15, 0.2) is 0 Å². The molecule has 2 rings (SSSR count).